The second-order valence-corrected chi connectivity index (χ2v) is 9.61. The Morgan fingerprint density at radius 1 is 1.00 bits per heavy atom. The van der Waals surface area contributed by atoms with E-state index in [1.807, 2.05) is 4.90 Å². The van der Waals surface area contributed by atoms with E-state index in [1.54, 1.807) is 0 Å². The minimum absolute atomic E-state index is 0.0241. The van der Waals surface area contributed by atoms with Gasteiger partial charge in [-0.15, -0.1) is 0 Å². The molecule has 0 radical (unpaired) electrons. The quantitative estimate of drug-likeness (QED) is 0.383. The number of hydrogen-bond donors (Lipinski definition) is 1. The maximum absolute atomic E-state index is 15.4. The smallest absolute Gasteiger partial charge is 0.276 e. The summed E-state index contributed by atoms with van der Waals surface area (Å²) in [5, 5.41) is 6.46. The topological polar surface area (TPSA) is 85.0 Å². The lowest BCUT2D eigenvalue weighted by atomic mass is 10.1. The van der Waals surface area contributed by atoms with Gasteiger partial charge >= 0.3 is 0 Å². The van der Waals surface area contributed by atoms with Crippen LogP contribution in [0, 0.1) is 17.5 Å². The van der Waals surface area contributed by atoms with Crippen molar-refractivity contribution in [2.75, 3.05) is 23.3 Å². The Morgan fingerprint density at radius 2 is 1.66 bits per heavy atom. The molecule has 2 aromatic carbocycles. The van der Waals surface area contributed by atoms with E-state index in [4.69, 9.17) is 0 Å². The van der Waals surface area contributed by atoms with Crippen LogP contribution in [0.5, 0.6) is 0 Å². The van der Waals surface area contributed by atoms with Gasteiger partial charge in [0.2, 0.25) is 0 Å². The van der Waals surface area contributed by atoms with E-state index in [-0.39, 0.29) is 28.2 Å². The van der Waals surface area contributed by atoms with Crippen LogP contribution >= 0.6 is 0 Å². The molecule has 0 aliphatic carbocycles. The predicted octanol–water partition coefficient (Wildman–Crippen LogP) is 4.59. The number of hydrogen-bond acceptors (Lipinski definition) is 5. The van der Waals surface area contributed by atoms with Crippen molar-refractivity contribution in [3.63, 3.8) is 0 Å². The second kappa shape index (κ2) is 9.26. The van der Waals surface area contributed by atoms with Crippen LogP contribution in [0.3, 0.4) is 0 Å². The van der Waals surface area contributed by atoms with Crippen LogP contribution in [-0.4, -0.2) is 38.3 Å². The number of aromatic nitrogens is 4. The largest absolute Gasteiger partial charge is 0.368 e. The highest BCUT2D eigenvalue weighted by molar-refractivity contribution is 6.08. The van der Waals surface area contributed by atoms with Crippen molar-refractivity contribution < 1.29 is 22.4 Å². The lowest BCUT2D eigenvalue weighted by Crippen LogP contribution is -2.27. The summed E-state index contributed by atoms with van der Waals surface area (Å²) in [5.41, 5.74) is -3.01. The zero-order valence-corrected chi connectivity index (χ0v) is 20.9. The molecule has 0 spiro atoms. The van der Waals surface area contributed by atoms with E-state index in [0.717, 1.165) is 49.2 Å². The number of rotatable bonds is 5. The number of nitrogens with zero attached hydrogens (tertiary/aromatic N) is 5. The zero-order chi connectivity index (χ0) is 27.4. The molecule has 5 rings (SSSR count). The molecular weight excluding hydrogens is 504 g/mol. The Bertz CT molecular complexity index is 1610. The summed E-state index contributed by atoms with van der Waals surface area (Å²) < 4.78 is 60.7. The number of imidazole rings is 1. The van der Waals surface area contributed by atoms with E-state index in [2.05, 4.69) is 15.4 Å². The van der Waals surface area contributed by atoms with Crippen molar-refractivity contribution in [2.24, 2.45) is 7.05 Å². The molecule has 8 nitrogen and oxygen atoms in total. The van der Waals surface area contributed by atoms with Gasteiger partial charge in [-0.3, -0.25) is 9.59 Å². The maximum Gasteiger partial charge on any atom is 0.276 e. The van der Waals surface area contributed by atoms with Crippen LogP contribution in [0.2, 0.25) is 0 Å². The number of anilines is 2. The van der Waals surface area contributed by atoms with E-state index in [0.29, 0.717) is 23.5 Å². The number of fused-ring (bicyclic) bond motifs is 1. The Kier molecular flexibility index (Phi) is 6.20. The lowest BCUT2D eigenvalue weighted by Gasteiger charge is -2.22. The summed E-state index contributed by atoms with van der Waals surface area (Å²) in [6.07, 6.45) is 1.72. The Labute approximate surface area is 214 Å². The third-order valence-corrected chi connectivity index (χ3v) is 6.46. The molecule has 1 aliphatic heterocycles. The molecule has 0 bridgehead atoms. The van der Waals surface area contributed by atoms with Crippen LogP contribution in [0.15, 0.2) is 41.2 Å². The highest BCUT2D eigenvalue weighted by Gasteiger charge is 2.31. The molecule has 1 aliphatic rings. The van der Waals surface area contributed by atoms with Crippen LogP contribution in [0.4, 0.5) is 28.9 Å². The Morgan fingerprint density at radius 3 is 2.29 bits per heavy atom. The first-order chi connectivity index (χ1) is 18.0. The monoisotopic (exact) mass is 528 g/mol. The van der Waals surface area contributed by atoms with Crippen molar-refractivity contribution in [2.45, 2.75) is 32.4 Å². The SMILES string of the molecule is Cn1c(C(C)(C)F)nc2c(N3CCCC3)c(NC(=O)c3ccc(=O)n(-c4c(F)cccc4F)n3)cc(F)c21. The van der Waals surface area contributed by atoms with Gasteiger partial charge in [0.25, 0.3) is 11.5 Å². The van der Waals surface area contributed by atoms with E-state index >= 15 is 4.39 Å². The van der Waals surface area contributed by atoms with Gasteiger partial charge < -0.3 is 14.8 Å². The highest BCUT2D eigenvalue weighted by Crippen LogP contribution is 2.40. The summed E-state index contributed by atoms with van der Waals surface area (Å²) in [6.45, 7) is 3.88. The fourth-order valence-corrected chi connectivity index (χ4v) is 4.79. The molecule has 0 atom stereocenters. The van der Waals surface area contributed by atoms with Crippen molar-refractivity contribution in [1.82, 2.24) is 19.3 Å². The number of carbonyl (C=O) groups is 1. The summed E-state index contributed by atoms with van der Waals surface area (Å²) >= 11 is 0. The number of halogens is 4. The minimum atomic E-state index is -1.86. The van der Waals surface area contributed by atoms with Gasteiger partial charge in [0, 0.05) is 32.3 Å². The summed E-state index contributed by atoms with van der Waals surface area (Å²) in [6, 6.07) is 6.22. The molecule has 4 aromatic rings. The molecule has 38 heavy (non-hydrogen) atoms. The van der Waals surface area contributed by atoms with Crippen LogP contribution in [0.25, 0.3) is 16.7 Å². The standard InChI is InChI=1S/C26H24F4N6O2/c1-26(2,30)25-32-20-22(34(25)3)16(29)13-18(23(20)35-11-4-5-12-35)31-24(38)17-9-10-19(37)36(33-17)21-14(27)7-6-8-15(21)28/h6-10,13H,4-5,11-12H2,1-3H3,(H,31,38). The van der Waals surface area contributed by atoms with Gasteiger partial charge in [-0.2, -0.15) is 9.78 Å². The summed E-state index contributed by atoms with van der Waals surface area (Å²) in [4.78, 5) is 31.9. The molecule has 0 unspecified atom stereocenters. The van der Waals surface area contributed by atoms with Gasteiger partial charge in [-0.05, 0) is 44.9 Å². The van der Waals surface area contributed by atoms with Gasteiger partial charge in [-0.1, -0.05) is 6.07 Å². The summed E-state index contributed by atoms with van der Waals surface area (Å²) in [5.74, 6) is -3.63. The number of para-hydroxylation sites is 1. The third kappa shape index (κ3) is 4.29. The third-order valence-electron chi connectivity index (χ3n) is 6.46. The molecule has 3 heterocycles. The van der Waals surface area contributed by atoms with Gasteiger partial charge in [-0.25, -0.2) is 22.5 Å². The average molecular weight is 529 g/mol. The lowest BCUT2D eigenvalue weighted by molar-refractivity contribution is 0.102. The summed E-state index contributed by atoms with van der Waals surface area (Å²) in [7, 11) is 1.52. The van der Waals surface area contributed by atoms with Crippen LogP contribution in [-0.2, 0) is 12.7 Å². The first-order valence-electron chi connectivity index (χ1n) is 12.0. The van der Waals surface area contributed by atoms with Gasteiger partial charge in [0.15, 0.2) is 23.1 Å². The fraction of sp³-hybridized carbons (Fsp3) is 0.308. The molecule has 1 saturated heterocycles. The van der Waals surface area contributed by atoms with E-state index < -0.39 is 40.3 Å². The molecule has 12 heteroatoms. The number of amides is 1. The maximum atomic E-state index is 15.4. The molecule has 1 N–H and O–H groups in total. The van der Waals surface area contributed by atoms with Gasteiger partial charge in [0.05, 0.1) is 11.4 Å². The van der Waals surface area contributed by atoms with Crippen LogP contribution in [0.1, 0.15) is 43.0 Å². The second-order valence-electron chi connectivity index (χ2n) is 9.61. The molecule has 198 valence electrons. The van der Waals surface area contributed by atoms with Crippen molar-refractivity contribution >= 4 is 28.3 Å². The van der Waals surface area contributed by atoms with E-state index in [9.17, 15) is 22.8 Å². The van der Waals surface area contributed by atoms with Gasteiger partial charge in [0.1, 0.15) is 28.2 Å². The van der Waals surface area contributed by atoms with Crippen LogP contribution < -0.4 is 15.8 Å². The molecular formula is C26H24F4N6O2. The molecule has 2 aromatic heterocycles. The van der Waals surface area contributed by atoms with Crippen molar-refractivity contribution in [3.05, 3.63) is 75.7 Å². The number of benzene rings is 2. The fourth-order valence-electron chi connectivity index (χ4n) is 4.79. The van der Waals surface area contributed by atoms with Crippen molar-refractivity contribution in [3.8, 4) is 5.69 Å². The first-order valence-corrected chi connectivity index (χ1v) is 12.0. The molecule has 0 saturated carbocycles. The number of nitrogens with one attached hydrogen (secondary N) is 1. The number of carbonyl (C=O) groups excluding carboxylic acids is 1. The molecule has 1 amide bonds. The molecule has 1 fully saturated rings. The van der Waals surface area contributed by atoms with Crippen molar-refractivity contribution in [1.29, 1.82) is 0 Å². The Hall–Kier alpha value is -4.22. The normalized spacial score (nSPS) is 13.9. The Balaban J connectivity index is 1.62. The number of aryl methyl sites for hydroxylation is 1. The minimum Gasteiger partial charge on any atom is -0.368 e. The highest BCUT2D eigenvalue weighted by atomic mass is 19.1. The zero-order valence-electron chi connectivity index (χ0n) is 20.9. The van der Waals surface area contributed by atoms with E-state index in [1.165, 1.54) is 25.5 Å². The average Bonchev–Trinajstić information content (AvgIpc) is 3.48. The first kappa shape index (κ1) is 25.4. The predicted molar refractivity (Wildman–Crippen MR) is 134 cm³/mol. The number of alkyl halides is 1.